The Morgan fingerprint density at radius 3 is 2.82 bits per heavy atom. The Labute approximate surface area is 92.5 Å². The van der Waals surface area contributed by atoms with Crippen molar-refractivity contribution in [1.29, 1.82) is 0 Å². The third-order valence-electron chi connectivity index (χ3n) is 0.968. The van der Waals surface area contributed by atoms with Crippen LogP contribution >= 0.6 is 12.2 Å². The molecular weight excluding hydrogens is 175 g/mol. The van der Waals surface area contributed by atoms with Crippen LogP contribution in [0.2, 0.25) is 0 Å². The van der Waals surface area contributed by atoms with Crippen molar-refractivity contribution in [3.05, 3.63) is 16.8 Å². The van der Waals surface area contributed by atoms with E-state index in [0.29, 0.717) is 10.7 Å². The van der Waals surface area contributed by atoms with E-state index in [4.69, 9.17) is 9.94 Å². The average molecular weight is 182 g/mol. The van der Waals surface area contributed by atoms with E-state index in [1.807, 2.05) is 0 Å². The minimum Gasteiger partial charge on any atom is -1.00 e. The summed E-state index contributed by atoms with van der Waals surface area (Å²) in [4.78, 5) is 0.591. The van der Waals surface area contributed by atoms with Crippen molar-refractivity contribution >= 4 is 12.2 Å². The minimum atomic E-state index is 0. The van der Waals surface area contributed by atoms with Crippen molar-refractivity contribution in [2.75, 3.05) is 7.11 Å². The molecule has 1 aromatic rings. The van der Waals surface area contributed by atoms with Crippen molar-refractivity contribution in [2.45, 2.75) is 0 Å². The maximum atomic E-state index is 8.85. The van der Waals surface area contributed by atoms with Crippen LogP contribution in [-0.4, -0.2) is 22.3 Å². The molecule has 0 saturated heterocycles. The van der Waals surface area contributed by atoms with Crippen molar-refractivity contribution in [3.63, 3.8) is 0 Å². The first-order valence-electron chi connectivity index (χ1n) is 2.57. The fourth-order valence-corrected chi connectivity index (χ4v) is 0.603. The molecule has 4 nitrogen and oxygen atoms in total. The number of nitrogens with zero attached hydrogens (tertiary/aromatic N) is 2. The van der Waals surface area contributed by atoms with Crippen LogP contribution in [-0.2, 0) is 0 Å². The monoisotopic (exact) mass is 182 g/mol. The van der Waals surface area contributed by atoms with E-state index in [-0.39, 0.29) is 35.6 Å². The summed E-state index contributed by atoms with van der Waals surface area (Å²) < 4.78 is 4.96. The first-order valence-corrected chi connectivity index (χ1v) is 2.98. The molecule has 0 spiro atoms. The first-order chi connectivity index (χ1) is 4.74. The summed E-state index contributed by atoms with van der Waals surface area (Å²) in [5.74, 6) is 0.330. The van der Waals surface area contributed by atoms with E-state index in [0.717, 1.165) is 0 Å². The Hall–Kier alpha value is -0.100. The number of ether oxygens (including phenoxy) is 1. The van der Waals surface area contributed by atoms with Gasteiger partial charge in [0.1, 0.15) is 0 Å². The first kappa shape index (κ1) is 10.9. The summed E-state index contributed by atoms with van der Waals surface area (Å²) in [6.07, 6.45) is 0. The molecule has 0 aliphatic heterocycles. The van der Waals surface area contributed by atoms with Gasteiger partial charge in [-0.3, -0.25) is 0 Å². The van der Waals surface area contributed by atoms with Gasteiger partial charge in [0.15, 0.2) is 4.64 Å². The molecule has 1 N–H and O–H groups in total. The van der Waals surface area contributed by atoms with Crippen LogP contribution in [0.25, 0.3) is 0 Å². The van der Waals surface area contributed by atoms with Gasteiger partial charge in [-0.2, -0.15) is 0 Å². The number of methoxy groups -OCH3 is 1. The van der Waals surface area contributed by atoms with Crippen LogP contribution in [0.4, 0.5) is 0 Å². The Morgan fingerprint density at radius 1 is 1.73 bits per heavy atom. The summed E-state index contributed by atoms with van der Waals surface area (Å²) >= 11 is 4.66. The van der Waals surface area contributed by atoms with Gasteiger partial charge in [-0.05, 0) is 6.07 Å². The summed E-state index contributed by atoms with van der Waals surface area (Å²) in [5.41, 5.74) is 0. The zero-order valence-corrected chi connectivity index (χ0v) is 9.13. The molecule has 0 fully saturated rings. The molecule has 11 heavy (non-hydrogen) atoms. The second kappa shape index (κ2) is 4.71. The molecule has 0 atom stereocenters. The molecule has 0 amide bonds. The summed E-state index contributed by atoms with van der Waals surface area (Å²) in [7, 11) is 1.46. The largest absolute Gasteiger partial charge is 1.00 e. The predicted molar refractivity (Wildman–Crippen MR) is 37.9 cm³/mol. The maximum Gasteiger partial charge on any atom is 1.00 e. The molecule has 0 aliphatic rings. The van der Waals surface area contributed by atoms with E-state index in [9.17, 15) is 0 Å². The van der Waals surface area contributed by atoms with Gasteiger partial charge in [-0.15, -0.1) is 0 Å². The minimum absolute atomic E-state index is 0. The fraction of sp³-hybridized carbons (Fsp3) is 0.200. The SMILES string of the molecule is COc1ccc(=S)n(O)n1.[H-].[Na+]. The molecule has 0 bridgehead atoms. The third-order valence-corrected chi connectivity index (χ3v) is 1.27. The van der Waals surface area contributed by atoms with Crippen molar-refractivity contribution < 1.29 is 40.9 Å². The third kappa shape index (κ3) is 2.78. The van der Waals surface area contributed by atoms with Gasteiger partial charge in [0.25, 0.3) is 0 Å². The molecule has 0 saturated carbocycles. The van der Waals surface area contributed by atoms with E-state index in [1.54, 1.807) is 6.07 Å². The van der Waals surface area contributed by atoms with Crippen LogP contribution in [0.5, 0.6) is 5.88 Å². The number of rotatable bonds is 1. The summed E-state index contributed by atoms with van der Waals surface area (Å²) in [6.45, 7) is 0. The van der Waals surface area contributed by atoms with Crippen LogP contribution in [0.15, 0.2) is 12.1 Å². The fourth-order valence-electron chi connectivity index (χ4n) is 0.494. The smallest absolute Gasteiger partial charge is 1.00 e. The Kier molecular flexibility index (Phi) is 4.67. The number of aromatic nitrogens is 2. The van der Waals surface area contributed by atoms with Crippen molar-refractivity contribution in [3.8, 4) is 5.88 Å². The topological polar surface area (TPSA) is 47.3 Å². The van der Waals surface area contributed by atoms with Crippen LogP contribution in [0.1, 0.15) is 1.43 Å². The maximum absolute atomic E-state index is 8.85. The number of hydrogen-bond donors (Lipinski definition) is 1. The van der Waals surface area contributed by atoms with E-state index in [1.165, 1.54) is 13.2 Å². The van der Waals surface area contributed by atoms with Gasteiger partial charge in [0.05, 0.1) is 7.11 Å². The molecule has 0 aromatic carbocycles. The molecule has 1 rings (SSSR count). The quantitative estimate of drug-likeness (QED) is 0.309. The second-order valence-corrected chi connectivity index (χ2v) is 2.02. The molecule has 56 valence electrons. The van der Waals surface area contributed by atoms with Gasteiger partial charge in [-0.25, -0.2) is 0 Å². The van der Waals surface area contributed by atoms with Crippen LogP contribution < -0.4 is 34.3 Å². The van der Waals surface area contributed by atoms with Gasteiger partial charge in [-0.1, -0.05) is 22.2 Å². The van der Waals surface area contributed by atoms with Gasteiger partial charge >= 0.3 is 29.6 Å². The zero-order chi connectivity index (χ0) is 7.56. The molecule has 0 unspecified atom stereocenters. The standard InChI is InChI=1S/C5H6N2O2S.Na.H/c1-9-4-2-3-5(10)7(8)6-4;;/h2-3,8H,1H3;;/q;+1;-1. The van der Waals surface area contributed by atoms with E-state index >= 15 is 0 Å². The molecule has 1 aromatic heterocycles. The van der Waals surface area contributed by atoms with Crippen LogP contribution in [0.3, 0.4) is 0 Å². The Balaban J connectivity index is 0. The molecule has 0 radical (unpaired) electrons. The normalized spacial score (nSPS) is 8.45. The Bertz CT molecular complexity index is 293. The van der Waals surface area contributed by atoms with Gasteiger partial charge in [0, 0.05) is 6.07 Å². The second-order valence-electron chi connectivity index (χ2n) is 1.60. The summed E-state index contributed by atoms with van der Waals surface area (Å²) in [5, 5.41) is 12.4. The summed E-state index contributed by atoms with van der Waals surface area (Å²) in [6, 6.07) is 3.11. The van der Waals surface area contributed by atoms with E-state index in [2.05, 4.69) is 17.3 Å². The van der Waals surface area contributed by atoms with Crippen LogP contribution in [0, 0.1) is 4.64 Å². The van der Waals surface area contributed by atoms with Crippen molar-refractivity contribution in [1.82, 2.24) is 9.94 Å². The number of hydrogen-bond acceptors (Lipinski definition) is 4. The predicted octanol–water partition coefficient (Wildman–Crippen LogP) is -2.03. The van der Waals surface area contributed by atoms with Crippen molar-refractivity contribution in [2.24, 2.45) is 0 Å². The molecule has 1 heterocycles. The zero-order valence-electron chi connectivity index (χ0n) is 7.31. The molecule has 6 heteroatoms. The molecular formula is C5H7N2NaO2S. The average Bonchev–Trinajstić information content (AvgIpc) is 1.95. The molecule has 0 aliphatic carbocycles. The van der Waals surface area contributed by atoms with Gasteiger partial charge < -0.3 is 11.4 Å². The van der Waals surface area contributed by atoms with E-state index < -0.39 is 0 Å². The Morgan fingerprint density at radius 2 is 2.36 bits per heavy atom. The van der Waals surface area contributed by atoms with Gasteiger partial charge in [0.2, 0.25) is 5.88 Å².